The third kappa shape index (κ3) is 6.08. The van der Waals surface area contributed by atoms with E-state index in [-0.39, 0.29) is 18.4 Å². The minimum Gasteiger partial charge on any atom is -0.379 e. The standard InChI is InChI=1S/C22H24N4O2S/c1-15(16-6-3-2-4-7-16)24-17-9-11-18(12-10-17)25-21(27)14-19(26-22(23)28)20-8-5-13-29-20/h2-13,15,19,24H,14H2,1H3,(H,25,27)(H3,23,26,28). The Morgan fingerprint density at radius 2 is 1.66 bits per heavy atom. The fourth-order valence-electron chi connectivity index (χ4n) is 3.01. The molecule has 0 aliphatic rings. The topological polar surface area (TPSA) is 96.2 Å². The van der Waals surface area contributed by atoms with Crippen molar-refractivity contribution in [2.24, 2.45) is 5.73 Å². The van der Waals surface area contributed by atoms with E-state index >= 15 is 0 Å². The quantitative estimate of drug-likeness (QED) is 0.436. The zero-order valence-corrected chi connectivity index (χ0v) is 16.9. The van der Waals surface area contributed by atoms with Crippen LogP contribution in [0.15, 0.2) is 72.1 Å². The Morgan fingerprint density at radius 3 is 2.28 bits per heavy atom. The highest BCUT2D eigenvalue weighted by molar-refractivity contribution is 7.10. The molecule has 0 spiro atoms. The zero-order valence-electron chi connectivity index (χ0n) is 16.1. The van der Waals surface area contributed by atoms with Crippen LogP contribution in [0.1, 0.15) is 35.9 Å². The normalized spacial score (nSPS) is 12.6. The van der Waals surface area contributed by atoms with Crippen molar-refractivity contribution in [3.63, 3.8) is 0 Å². The molecule has 0 radical (unpaired) electrons. The maximum atomic E-state index is 12.4. The van der Waals surface area contributed by atoms with Crippen LogP contribution in [0.2, 0.25) is 0 Å². The molecule has 6 nitrogen and oxygen atoms in total. The molecular formula is C22H24N4O2S. The third-order valence-electron chi connectivity index (χ3n) is 4.44. The molecule has 2 unspecified atom stereocenters. The van der Waals surface area contributed by atoms with Crippen LogP contribution < -0.4 is 21.7 Å². The lowest BCUT2D eigenvalue weighted by Gasteiger charge is -2.17. The van der Waals surface area contributed by atoms with Gasteiger partial charge >= 0.3 is 6.03 Å². The fourth-order valence-corrected chi connectivity index (χ4v) is 3.78. The number of primary amides is 1. The molecular weight excluding hydrogens is 384 g/mol. The zero-order chi connectivity index (χ0) is 20.6. The maximum absolute atomic E-state index is 12.4. The molecule has 1 heterocycles. The Balaban J connectivity index is 1.57. The molecule has 0 saturated heterocycles. The largest absolute Gasteiger partial charge is 0.379 e. The number of nitrogens with one attached hydrogen (secondary N) is 3. The summed E-state index contributed by atoms with van der Waals surface area (Å²) in [6.45, 7) is 2.10. The second kappa shape index (κ2) is 9.75. The number of urea groups is 1. The minimum atomic E-state index is -0.654. The number of rotatable bonds is 8. The Bertz CT molecular complexity index is 927. The molecule has 0 aliphatic carbocycles. The van der Waals surface area contributed by atoms with Crippen molar-refractivity contribution in [2.75, 3.05) is 10.6 Å². The van der Waals surface area contributed by atoms with Gasteiger partial charge in [-0.1, -0.05) is 36.4 Å². The molecule has 3 amide bonds. The van der Waals surface area contributed by atoms with Crippen LogP contribution in [0, 0.1) is 0 Å². The second-order valence-electron chi connectivity index (χ2n) is 6.68. The molecule has 2 aromatic carbocycles. The van der Waals surface area contributed by atoms with E-state index in [4.69, 9.17) is 5.73 Å². The summed E-state index contributed by atoms with van der Waals surface area (Å²) in [6, 6.07) is 20.5. The number of anilines is 2. The number of thiophene rings is 1. The number of nitrogens with two attached hydrogens (primary N) is 1. The predicted octanol–water partition coefficient (Wildman–Crippen LogP) is 4.66. The van der Waals surface area contributed by atoms with Crippen molar-refractivity contribution in [3.8, 4) is 0 Å². The van der Waals surface area contributed by atoms with Gasteiger partial charge in [0, 0.05) is 22.3 Å². The van der Waals surface area contributed by atoms with E-state index in [1.807, 2.05) is 60.0 Å². The van der Waals surface area contributed by atoms with E-state index in [0.29, 0.717) is 5.69 Å². The van der Waals surface area contributed by atoms with Gasteiger partial charge in [0.1, 0.15) is 0 Å². The van der Waals surface area contributed by atoms with Gasteiger partial charge in [-0.3, -0.25) is 4.79 Å². The lowest BCUT2D eigenvalue weighted by Crippen LogP contribution is -2.34. The fraction of sp³-hybridized carbons (Fsp3) is 0.182. The molecule has 3 rings (SSSR count). The summed E-state index contributed by atoms with van der Waals surface area (Å²) in [5, 5.41) is 10.8. The summed E-state index contributed by atoms with van der Waals surface area (Å²) < 4.78 is 0. The first-order chi connectivity index (χ1) is 14.0. The van der Waals surface area contributed by atoms with Gasteiger partial charge in [0.25, 0.3) is 0 Å². The van der Waals surface area contributed by atoms with Gasteiger partial charge in [-0.25, -0.2) is 4.79 Å². The number of benzene rings is 2. The molecule has 3 aromatic rings. The molecule has 0 bridgehead atoms. The molecule has 2 atom stereocenters. The van der Waals surface area contributed by atoms with Gasteiger partial charge in [-0.2, -0.15) is 0 Å². The monoisotopic (exact) mass is 408 g/mol. The van der Waals surface area contributed by atoms with Crippen LogP contribution in [0.25, 0.3) is 0 Å². The van der Waals surface area contributed by atoms with Gasteiger partial charge in [0.2, 0.25) is 5.91 Å². The Hall–Kier alpha value is -3.32. The number of amides is 3. The highest BCUT2D eigenvalue weighted by Gasteiger charge is 2.18. The average Bonchev–Trinajstić information content (AvgIpc) is 3.24. The smallest absolute Gasteiger partial charge is 0.312 e. The number of hydrogen-bond acceptors (Lipinski definition) is 4. The van der Waals surface area contributed by atoms with Gasteiger partial charge < -0.3 is 21.7 Å². The Morgan fingerprint density at radius 1 is 0.966 bits per heavy atom. The first kappa shape index (κ1) is 20.4. The van der Waals surface area contributed by atoms with Crippen LogP contribution in [-0.4, -0.2) is 11.9 Å². The molecule has 0 saturated carbocycles. The summed E-state index contributed by atoms with van der Waals surface area (Å²) in [4.78, 5) is 24.6. The summed E-state index contributed by atoms with van der Waals surface area (Å²) >= 11 is 1.47. The SMILES string of the molecule is CC(Nc1ccc(NC(=O)CC(NC(N)=O)c2cccs2)cc1)c1ccccc1. The first-order valence-electron chi connectivity index (χ1n) is 9.32. The van der Waals surface area contributed by atoms with Crippen molar-refractivity contribution in [3.05, 3.63) is 82.6 Å². The van der Waals surface area contributed by atoms with Crippen LogP contribution in [0.4, 0.5) is 16.2 Å². The van der Waals surface area contributed by atoms with Gasteiger partial charge in [0.15, 0.2) is 0 Å². The van der Waals surface area contributed by atoms with Gasteiger partial charge in [-0.15, -0.1) is 11.3 Å². The summed E-state index contributed by atoms with van der Waals surface area (Å²) in [7, 11) is 0. The highest BCUT2D eigenvalue weighted by Crippen LogP contribution is 2.24. The van der Waals surface area contributed by atoms with E-state index in [1.165, 1.54) is 16.9 Å². The van der Waals surface area contributed by atoms with E-state index in [9.17, 15) is 9.59 Å². The van der Waals surface area contributed by atoms with Crippen LogP contribution in [-0.2, 0) is 4.79 Å². The predicted molar refractivity (Wildman–Crippen MR) is 118 cm³/mol. The van der Waals surface area contributed by atoms with Crippen LogP contribution in [0.5, 0.6) is 0 Å². The molecule has 0 fully saturated rings. The number of carbonyl (C=O) groups is 2. The van der Waals surface area contributed by atoms with Crippen molar-refractivity contribution in [2.45, 2.75) is 25.4 Å². The molecule has 7 heteroatoms. The van der Waals surface area contributed by atoms with Crippen LogP contribution >= 0.6 is 11.3 Å². The van der Waals surface area contributed by atoms with Gasteiger partial charge in [0.05, 0.1) is 12.5 Å². The van der Waals surface area contributed by atoms with Gasteiger partial charge in [-0.05, 0) is 48.2 Å². The Kier molecular flexibility index (Phi) is 6.86. The lowest BCUT2D eigenvalue weighted by molar-refractivity contribution is -0.116. The molecule has 1 aromatic heterocycles. The molecule has 29 heavy (non-hydrogen) atoms. The van der Waals surface area contributed by atoms with Crippen molar-refractivity contribution >= 4 is 34.6 Å². The summed E-state index contributed by atoms with van der Waals surface area (Å²) in [5.74, 6) is -0.199. The van der Waals surface area contributed by atoms with E-state index in [0.717, 1.165) is 10.6 Å². The number of carbonyl (C=O) groups excluding carboxylic acids is 2. The first-order valence-corrected chi connectivity index (χ1v) is 10.2. The molecule has 150 valence electrons. The summed E-state index contributed by atoms with van der Waals surface area (Å²) in [6.07, 6.45) is 0.106. The van der Waals surface area contributed by atoms with Crippen molar-refractivity contribution in [1.29, 1.82) is 0 Å². The maximum Gasteiger partial charge on any atom is 0.312 e. The van der Waals surface area contributed by atoms with E-state index < -0.39 is 12.1 Å². The highest BCUT2D eigenvalue weighted by atomic mass is 32.1. The lowest BCUT2D eigenvalue weighted by atomic mass is 10.1. The van der Waals surface area contributed by atoms with E-state index in [2.05, 4.69) is 35.0 Å². The molecule has 5 N–H and O–H groups in total. The average molecular weight is 409 g/mol. The third-order valence-corrected chi connectivity index (χ3v) is 5.43. The van der Waals surface area contributed by atoms with Crippen LogP contribution in [0.3, 0.4) is 0 Å². The summed E-state index contributed by atoms with van der Waals surface area (Å²) in [5.41, 5.74) is 8.10. The number of hydrogen-bond donors (Lipinski definition) is 4. The van der Waals surface area contributed by atoms with Crippen molar-refractivity contribution < 1.29 is 9.59 Å². The second-order valence-corrected chi connectivity index (χ2v) is 7.66. The minimum absolute atomic E-state index is 0.106. The van der Waals surface area contributed by atoms with E-state index in [1.54, 1.807) is 0 Å². The molecule has 0 aliphatic heterocycles. The van der Waals surface area contributed by atoms with Crippen molar-refractivity contribution in [1.82, 2.24) is 5.32 Å². The Labute approximate surface area is 174 Å².